The van der Waals surface area contributed by atoms with Gasteiger partial charge in [-0.05, 0) is 37.6 Å². The van der Waals surface area contributed by atoms with Gasteiger partial charge >= 0.3 is 0 Å². The van der Waals surface area contributed by atoms with Crippen LogP contribution in [0.5, 0.6) is 0 Å². The summed E-state index contributed by atoms with van der Waals surface area (Å²) in [7, 11) is 1.86. The molecule has 1 aliphatic heterocycles. The number of aliphatic hydroxyl groups excluding tert-OH is 1. The standard InChI is InChI=1S/C19H21ClN4O2/c1-11-6-13(22-21-11)7-12-9-24(10-18(12)25)19(26)17-8-14-15(20)4-3-5-16(14)23(17)2/h3-6,8,12,18,25H,7,9-10H2,1-2H3,(H,21,22)/t12-,18+/m1/s1. The molecule has 2 N–H and O–H groups in total. The molecule has 0 aliphatic carbocycles. The van der Waals surface area contributed by atoms with Gasteiger partial charge in [0.15, 0.2) is 0 Å². The first-order valence-corrected chi connectivity index (χ1v) is 9.04. The van der Waals surface area contributed by atoms with Crippen LogP contribution in [0.15, 0.2) is 30.3 Å². The first-order chi connectivity index (χ1) is 12.4. The van der Waals surface area contributed by atoms with Gasteiger partial charge in [0, 0.05) is 47.7 Å². The molecule has 2 aromatic heterocycles. The van der Waals surface area contributed by atoms with Gasteiger partial charge in [0.05, 0.1) is 11.8 Å². The Labute approximate surface area is 156 Å². The van der Waals surface area contributed by atoms with E-state index in [0.717, 1.165) is 22.3 Å². The molecule has 1 amide bonds. The second kappa shape index (κ2) is 6.45. The summed E-state index contributed by atoms with van der Waals surface area (Å²) in [5.41, 5.74) is 3.41. The van der Waals surface area contributed by atoms with E-state index in [-0.39, 0.29) is 11.8 Å². The van der Waals surface area contributed by atoms with Crippen LogP contribution in [0.4, 0.5) is 0 Å². The Bertz CT molecular complexity index is 977. The number of rotatable bonds is 3. The largest absolute Gasteiger partial charge is 0.391 e. The zero-order valence-corrected chi connectivity index (χ0v) is 15.5. The number of benzene rings is 1. The molecular weight excluding hydrogens is 352 g/mol. The fraction of sp³-hybridized carbons (Fsp3) is 0.368. The number of hydrogen-bond acceptors (Lipinski definition) is 3. The van der Waals surface area contributed by atoms with Gasteiger partial charge in [-0.2, -0.15) is 5.10 Å². The number of aryl methyl sites for hydroxylation is 2. The Balaban J connectivity index is 1.56. The molecule has 3 heterocycles. The van der Waals surface area contributed by atoms with Gasteiger partial charge in [-0.25, -0.2) is 0 Å². The minimum Gasteiger partial charge on any atom is -0.391 e. The maximum absolute atomic E-state index is 13.0. The number of amides is 1. The third kappa shape index (κ3) is 2.89. The average molecular weight is 373 g/mol. The van der Waals surface area contributed by atoms with Crippen molar-refractivity contribution in [1.29, 1.82) is 0 Å². The van der Waals surface area contributed by atoms with Crippen molar-refractivity contribution in [3.63, 3.8) is 0 Å². The molecule has 3 aromatic rings. The lowest BCUT2D eigenvalue weighted by molar-refractivity contribution is 0.0756. The van der Waals surface area contributed by atoms with E-state index in [0.29, 0.717) is 30.2 Å². The summed E-state index contributed by atoms with van der Waals surface area (Å²) >= 11 is 6.26. The molecule has 2 atom stereocenters. The number of nitrogens with zero attached hydrogens (tertiary/aromatic N) is 3. The number of β-amino-alcohol motifs (C(OH)–C–C–N with tert-alkyl or cyclic N) is 1. The topological polar surface area (TPSA) is 74.2 Å². The van der Waals surface area contributed by atoms with Crippen LogP contribution in [0, 0.1) is 12.8 Å². The number of fused-ring (bicyclic) bond motifs is 1. The van der Waals surface area contributed by atoms with Crippen molar-refractivity contribution < 1.29 is 9.90 Å². The molecule has 26 heavy (non-hydrogen) atoms. The maximum Gasteiger partial charge on any atom is 0.270 e. The van der Waals surface area contributed by atoms with Gasteiger partial charge < -0.3 is 14.6 Å². The third-order valence-corrected chi connectivity index (χ3v) is 5.51. The summed E-state index contributed by atoms with van der Waals surface area (Å²) in [5.74, 6) is -0.0977. The molecule has 6 nitrogen and oxygen atoms in total. The Morgan fingerprint density at radius 2 is 2.19 bits per heavy atom. The summed E-state index contributed by atoms with van der Waals surface area (Å²) < 4.78 is 1.86. The zero-order chi connectivity index (χ0) is 18.4. The van der Waals surface area contributed by atoms with Crippen LogP contribution >= 0.6 is 11.6 Å². The maximum atomic E-state index is 13.0. The molecule has 0 saturated carbocycles. The van der Waals surface area contributed by atoms with Crippen LogP contribution in [0.2, 0.25) is 5.02 Å². The van der Waals surface area contributed by atoms with E-state index in [1.54, 1.807) is 4.90 Å². The van der Waals surface area contributed by atoms with Gasteiger partial charge in [0.1, 0.15) is 5.69 Å². The van der Waals surface area contributed by atoms with Crippen LogP contribution in [0.3, 0.4) is 0 Å². The highest BCUT2D eigenvalue weighted by molar-refractivity contribution is 6.35. The molecule has 1 aliphatic rings. The van der Waals surface area contributed by atoms with E-state index in [4.69, 9.17) is 11.6 Å². The van der Waals surface area contributed by atoms with Crippen LogP contribution in [0.25, 0.3) is 10.9 Å². The van der Waals surface area contributed by atoms with Crippen molar-refractivity contribution in [2.24, 2.45) is 13.0 Å². The predicted molar refractivity (Wildman–Crippen MR) is 100 cm³/mol. The van der Waals surface area contributed by atoms with E-state index in [1.807, 2.05) is 48.9 Å². The molecule has 0 unspecified atom stereocenters. The fourth-order valence-corrected chi connectivity index (χ4v) is 3.98. The number of nitrogens with one attached hydrogen (secondary N) is 1. The second-order valence-corrected chi connectivity index (χ2v) is 7.45. The fourth-order valence-electron chi connectivity index (χ4n) is 3.76. The Hall–Kier alpha value is -2.31. The van der Waals surface area contributed by atoms with Gasteiger partial charge in [-0.15, -0.1) is 0 Å². The predicted octanol–water partition coefficient (Wildman–Crippen LogP) is 2.54. The highest BCUT2D eigenvalue weighted by Gasteiger charge is 2.35. The number of aliphatic hydroxyl groups is 1. The van der Waals surface area contributed by atoms with Crippen molar-refractivity contribution in [3.8, 4) is 0 Å². The number of aromatic amines is 1. The lowest BCUT2D eigenvalue weighted by Gasteiger charge is -2.16. The van der Waals surface area contributed by atoms with E-state index in [9.17, 15) is 9.90 Å². The first-order valence-electron chi connectivity index (χ1n) is 8.66. The van der Waals surface area contributed by atoms with E-state index < -0.39 is 6.10 Å². The van der Waals surface area contributed by atoms with Crippen molar-refractivity contribution in [3.05, 3.63) is 52.4 Å². The van der Waals surface area contributed by atoms with E-state index in [2.05, 4.69) is 10.2 Å². The zero-order valence-electron chi connectivity index (χ0n) is 14.7. The highest BCUT2D eigenvalue weighted by atomic mass is 35.5. The molecule has 136 valence electrons. The number of likely N-dealkylation sites (tertiary alicyclic amines) is 1. The monoisotopic (exact) mass is 372 g/mol. The van der Waals surface area contributed by atoms with Gasteiger partial charge in [-0.1, -0.05) is 17.7 Å². The van der Waals surface area contributed by atoms with Crippen molar-refractivity contribution in [1.82, 2.24) is 19.7 Å². The number of halogens is 1. The minimum absolute atomic E-state index is 0.0140. The SMILES string of the molecule is Cc1cc(C[C@@H]2CN(C(=O)c3cc4c(Cl)cccc4n3C)C[C@@H]2O)n[nH]1. The number of H-pyrrole nitrogens is 1. The molecule has 0 radical (unpaired) electrons. The molecular formula is C19H21ClN4O2. The van der Waals surface area contributed by atoms with E-state index in [1.165, 1.54) is 0 Å². The number of hydrogen-bond donors (Lipinski definition) is 2. The quantitative estimate of drug-likeness (QED) is 0.742. The van der Waals surface area contributed by atoms with Crippen LogP contribution in [-0.2, 0) is 13.5 Å². The molecule has 4 rings (SSSR count). The summed E-state index contributed by atoms with van der Waals surface area (Å²) in [6.07, 6.45) is 0.102. The van der Waals surface area contributed by atoms with Gasteiger partial charge in [0.2, 0.25) is 0 Å². The minimum atomic E-state index is -0.547. The summed E-state index contributed by atoms with van der Waals surface area (Å²) in [4.78, 5) is 14.7. The average Bonchev–Trinajstić information content (AvgIpc) is 3.28. The summed E-state index contributed by atoms with van der Waals surface area (Å²) in [6.45, 7) is 2.80. The van der Waals surface area contributed by atoms with Crippen molar-refractivity contribution in [2.45, 2.75) is 19.4 Å². The molecule has 0 spiro atoms. The first kappa shape index (κ1) is 17.1. The van der Waals surface area contributed by atoms with Crippen molar-refractivity contribution in [2.75, 3.05) is 13.1 Å². The lowest BCUT2D eigenvalue weighted by Crippen LogP contribution is -2.31. The van der Waals surface area contributed by atoms with Crippen LogP contribution < -0.4 is 0 Å². The number of carbonyl (C=O) groups is 1. The molecule has 0 bridgehead atoms. The summed E-state index contributed by atoms with van der Waals surface area (Å²) in [6, 6.07) is 9.44. The van der Waals surface area contributed by atoms with E-state index >= 15 is 0 Å². The van der Waals surface area contributed by atoms with Gasteiger partial charge in [-0.3, -0.25) is 9.89 Å². The number of carbonyl (C=O) groups excluding carboxylic acids is 1. The second-order valence-electron chi connectivity index (χ2n) is 7.05. The molecule has 1 saturated heterocycles. The Kier molecular flexibility index (Phi) is 4.25. The lowest BCUT2D eigenvalue weighted by atomic mass is 10.0. The van der Waals surface area contributed by atoms with Crippen LogP contribution in [-0.4, -0.2) is 49.9 Å². The molecule has 7 heteroatoms. The summed E-state index contributed by atoms with van der Waals surface area (Å²) in [5, 5.41) is 19.1. The van der Waals surface area contributed by atoms with Crippen molar-refractivity contribution >= 4 is 28.4 Å². The number of aromatic nitrogens is 3. The highest BCUT2D eigenvalue weighted by Crippen LogP contribution is 2.28. The smallest absolute Gasteiger partial charge is 0.270 e. The third-order valence-electron chi connectivity index (χ3n) is 5.18. The molecule has 1 aromatic carbocycles. The molecule has 1 fully saturated rings. The Morgan fingerprint density at radius 3 is 2.88 bits per heavy atom. The normalized spacial score (nSPS) is 20.2. The van der Waals surface area contributed by atoms with Gasteiger partial charge in [0.25, 0.3) is 5.91 Å². The van der Waals surface area contributed by atoms with Crippen LogP contribution in [0.1, 0.15) is 21.9 Å². The Morgan fingerprint density at radius 1 is 1.38 bits per heavy atom.